The molecule has 0 aliphatic heterocycles. The predicted molar refractivity (Wildman–Crippen MR) is 65.3 cm³/mol. The molecule has 2 N–H and O–H groups in total. The fourth-order valence-electron chi connectivity index (χ4n) is 1.32. The summed E-state index contributed by atoms with van der Waals surface area (Å²) in [6.45, 7) is 0. The summed E-state index contributed by atoms with van der Waals surface area (Å²) in [5.74, 6) is -1.71. The van der Waals surface area contributed by atoms with Crippen molar-refractivity contribution in [3.8, 4) is 5.75 Å². The van der Waals surface area contributed by atoms with E-state index >= 15 is 0 Å². The number of nitrogens with one attached hydrogen (secondary N) is 1. The number of pyridine rings is 1. The van der Waals surface area contributed by atoms with Crippen LogP contribution in [-0.4, -0.2) is 16.0 Å². The first-order chi connectivity index (χ1) is 8.58. The molecule has 0 aliphatic rings. The fourth-order valence-corrected chi connectivity index (χ4v) is 1.44. The van der Waals surface area contributed by atoms with Crippen molar-refractivity contribution in [3.05, 3.63) is 53.1 Å². The second kappa shape index (κ2) is 5.01. The van der Waals surface area contributed by atoms with Crippen LogP contribution in [0.1, 0.15) is 10.5 Å². The third kappa shape index (κ3) is 2.57. The summed E-state index contributed by atoms with van der Waals surface area (Å²) in [5, 5.41) is 12.1. The third-order valence-electron chi connectivity index (χ3n) is 2.19. The number of halogens is 2. The molecule has 4 nitrogen and oxygen atoms in total. The number of para-hydroxylation sites is 1. The van der Waals surface area contributed by atoms with Crippen LogP contribution < -0.4 is 5.32 Å². The van der Waals surface area contributed by atoms with E-state index in [-0.39, 0.29) is 17.1 Å². The highest BCUT2D eigenvalue weighted by atomic mass is 35.5. The van der Waals surface area contributed by atoms with E-state index in [1.54, 1.807) is 0 Å². The molecule has 0 saturated heterocycles. The van der Waals surface area contributed by atoms with Crippen molar-refractivity contribution >= 4 is 23.2 Å². The summed E-state index contributed by atoms with van der Waals surface area (Å²) in [7, 11) is 0. The predicted octanol–water partition coefficient (Wildman–Crippen LogP) is 2.83. The lowest BCUT2D eigenvalue weighted by Gasteiger charge is -2.07. The largest absolute Gasteiger partial charge is 0.506 e. The molecule has 1 heterocycles. The van der Waals surface area contributed by atoms with Gasteiger partial charge in [0, 0.05) is 6.20 Å². The molecule has 0 atom stereocenters. The van der Waals surface area contributed by atoms with Crippen LogP contribution in [0.2, 0.25) is 5.02 Å². The number of carbonyl (C=O) groups is 1. The van der Waals surface area contributed by atoms with Crippen molar-refractivity contribution in [3.63, 3.8) is 0 Å². The van der Waals surface area contributed by atoms with E-state index in [1.807, 2.05) is 0 Å². The van der Waals surface area contributed by atoms with Crippen LogP contribution in [0, 0.1) is 5.82 Å². The average Bonchev–Trinajstić information content (AvgIpc) is 2.34. The molecule has 1 amide bonds. The Bertz CT molecular complexity index is 567. The van der Waals surface area contributed by atoms with Crippen LogP contribution >= 0.6 is 11.6 Å². The number of aromatic nitrogens is 1. The van der Waals surface area contributed by atoms with E-state index in [2.05, 4.69) is 10.3 Å². The number of phenols is 1. The van der Waals surface area contributed by atoms with Gasteiger partial charge in [-0.1, -0.05) is 17.7 Å². The van der Waals surface area contributed by atoms with E-state index in [4.69, 9.17) is 11.6 Å². The van der Waals surface area contributed by atoms with Crippen molar-refractivity contribution < 1.29 is 14.3 Å². The van der Waals surface area contributed by atoms with E-state index in [1.165, 1.54) is 30.5 Å². The molecule has 0 unspecified atom stereocenters. The van der Waals surface area contributed by atoms with Gasteiger partial charge in [-0.15, -0.1) is 0 Å². The van der Waals surface area contributed by atoms with E-state index in [9.17, 15) is 14.3 Å². The monoisotopic (exact) mass is 266 g/mol. The van der Waals surface area contributed by atoms with Crippen molar-refractivity contribution in [1.29, 1.82) is 0 Å². The van der Waals surface area contributed by atoms with Crippen molar-refractivity contribution in [2.75, 3.05) is 5.32 Å². The molecule has 0 spiro atoms. The van der Waals surface area contributed by atoms with Gasteiger partial charge in [-0.3, -0.25) is 4.79 Å². The lowest BCUT2D eigenvalue weighted by Crippen LogP contribution is -2.14. The molecule has 0 radical (unpaired) electrons. The number of amides is 1. The average molecular weight is 267 g/mol. The van der Waals surface area contributed by atoms with Crippen LogP contribution in [0.3, 0.4) is 0 Å². The van der Waals surface area contributed by atoms with Crippen LogP contribution in [0.25, 0.3) is 0 Å². The highest BCUT2D eigenvalue weighted by Crippen LogP contribution is 2.26. The second-order valence-corrected chi connectivity index (χ2v) is 3.89. The van der Waals surface area contributed by atoms with Gasteiger partial charge in [-0.2, -0.15) is 0 Å². The second-order valence-electron chi connectivity index (χ2n) is 3.45. The minimum absolute atomic E-state index is 0.0713. The lowest BCUT2D eigenvalue weighted by atomic mass is 10.2. The normalized spacial score (nSPS) is 10.1. The molecule has 18 heavy (non-hydrogen) atoms. The van der Waals surface area contributed by atoms with Crippen LogP contribution in [-0.2, 0) is 0 Å². The first kappa shape index (κ1) is 12.3. The minimum Gasteiger partial charge on any atom is -0.506 e. The molecule has 92 valence electrons. The Morgan fingerprint density at radius 3 is 2.72 bits per heavy atom. The summed E-state index contributed by atoms with van der Waals surface area (Å²) >= 11 is 5.63. The standard InChI is InChI=1S/C12H8ClFN2O2/c13-7-4-5-9(15-6-7)12(18)16-11-8(14)2-1-3-10(11)17/h1-6,17H,(H,16,18). The van der Waals surface area contributed by atoms with Crippen molar-refractivity contribution in [2.24, 2.45) is 0 Å². The highest BCUT2D eigenvalue weighted by Gasteiger charge is 2.13. The van der Waals surface area contributed by atoms with Crippen LogP contribution in [0.5, 0.6) is 5.75 Å². The first-order valence-electron chi connectivity index (χ1n) is 4.98. The number of nitrogens with zero attached hydrogens (tertiary/aromatic N) is 1. The van der Waals surface area contributed by atoms with Gasteiger partial charge in [-0.25, -0.2) is 9.37 Å². The minimum atomic E-state index is -0.725. The Morgan fingerprint density at radius 2 is 2.11 bits per heavy atom. The molecule has 6 heteroatoms. The Hall–Kier alpha value is -2.14. The summed E-state index contributed by atoms with van der Waals surface area (Å²) in [4.78, 5) is 15.5. The number of carbonyl (C=O) groups excluding carboxylic acids is 1. The fraction of sp³-hybridized carbons (Fsp3) is 0. The van der Waals surface area contributed by atoms with Gasteiger partial charge in [0.05, 0.1) is 5.02 Å². The smallest absolute Gasteiger partial charge is 0.274 e. The van der Waals surface area contributed by atoms with Gasteiger partial charge < -0.3 is 10.4 Å². The number of phenolic OH excluding ortho intramolecular Hbond substituents is 1. The number of anilines is 1. The number of hydrogen-bond donors (Lipinski definition) is 2. The zero-order chi connectivity index (χ0) is 13.1. The molecular weight excluding hydrogens is 259 g/mol. The molecule has 1 aromatic carbocycles. The van der Waals surface area contributed by atoms with E-state index in [0.717, 1.165) is 6.07 Å². The van der Waals surface area contributed by atoms with Crippen LogP contribution in [0.4, 0.5) is 10.1 Å². The number of aromatic hydroxyl groups is 1. The quantitative estimate of drug-likeness (QED) is 0.822. The molecule has 0 bridgehead atoms. The highest BCUT2D eigenvalue weighted by molar-refractivity contribution is 6.30. The molecule has 0 fully saturated rings. The Kier molecular flexibility index (Phi) is 3.43. The number of hydrogen-bond acceptors (Lipinski definition) is 3. The molecule has 0 aliphatic carbocycles. The van der Waals surface area contributed by atoms with Gasteiger partial charge in [-0.05, 0) is 24.3 Å². The van der Waals surface area contributed by atoms with Crippen molar-refractivity contribution in [2.45, 2.75) is 0 Å². The van der Waals surface area contributed by atoms with Crippen molar-refractivity contribution in [1.82, 2.24) is 4.98 Å². The summed E-state index contributed by atoms with van der Waals surface area (Å²) in [5.41, 5.74) is -0.207. The Labute approximate surface area is 107 Å². The van der Waals surface area contributed by atoms with E-state index in [0.29, 0.717) is 5.02 Å². The maximum atomic E-state index is 13.4. The maximum absolute atomic E-state index is 13.4. The van der Waals surface area contributed by atoms with Gasteiger partial charge in [0.2, 0.25) is 0 Å². The zero-order valence-electron chi connectivity index (χ0n) is 9.02. The van der Waals surface area contributed by atoms with Gasteiger partial charge in [0.15, 0.2) is 5.82 Å². The molecule has 0 saturated carbocycles. The lowest BCUT2D eigenvalue weighted by molar-refractivity contribution is 0.102. The van der Waals surface area contributed by atoms with Gasteiger partial charge in [0.1, 0.15) is 17.1 Å². The molecular formula is C12H8ClFN2O2. The third-order valence-corrected chi connectivity index (χ3v) is 2.41. The zero-order valence-corrected chi connectivity index (χ0v) is 9.78. The molecule has 1 aromatic heterocycles. The van der Waals surface area contributed by atoms with E-state index < -0.39 is 11.7 Å². The molecule has 2 rings (SSSR count). The number of benzene rings is 1. The summed E-state index contributed by atoms with van der Waals surface area (Å²) < 4.78 is 13.4. The topological polar surface area (TPSA) is 62.2 Å². The number of rotatable bonds is 2. The SMILES string of the molecule is O=C(Nc1c(O)cccc1F)c1ccc(Cl)cn1. The molecule has 2 aromatic rings. The van der Waals surface area contributed by atoms with Gasteiger partial charge in [0.25, 0.3) is 5.91 Å². The Balaban J connectivity index is 2.24. The summed E-state index contributed by atoms with van der Waals surface area (Å²) in [6, 6.07) is 6.62. The summed E-state index contributed by atoms with van der Waals surface area (Å²) in [6.07, 6.45) is 1.30. The van der Waals surface area contributed by atoms with Gasteiger partial charge >= 0.3 is 0 Å². The maximum Gasteiger partial charge on any atom is 0.274 e. The first-order valence-corrected chi connectivity index (χ1v) is 5.36. The van der Waals surface area contributed by atoms with Crippen LogP contribution in [0.15, 0.2) is 36.5 Å². The Morgan fingerprint density at radius 1 is 1.33 bits per heavy atom.